The first-order valence-corrected chi connectivity index (χ1v) is 22.4. The second-order valence-corrected chi connectivity index (χ2v) is 18.0. The number of hydrogen-bond acceptors (Lipinski definition) is 3. The van der Waals surface area contributed by atoms with E-state index in [2.05, 4.69) is 108 Å². The third kappa shape index (κ3) is 7.32. The highest BCUT2D eigenvalue weighted by Crippen LogP contribution is 2.55. The lowest BCUT2D eigenvalue weighted by Gasteiger charge is -2.44. The summed E-state index contributed by atoms with van der Waals surface area (Å²) < 4.78 is 0. The van der Waals surface area contributed by atoms with Crippen LogP contribution in [0.5, 0.6) is 0 Å². The van der Waals surface area contributed by atoms with E-state index in [0.717, 1.165) is 23.0 Å². The van der Waals surface area contributed by atoms with Gasteiger partial charge in [0.1, 0.15) is 0 Å². The van der Waals surface area contributed by atoms with E-state index in [9.17, 15) is 0 Å². The standard InChI is InChI=1S/C48H64N2S/c1-3-18-41-42-27-17-26-40(48(42)51-47(41)4-2)36-22-15-24-38(33-32-36)50(44-31-16-23-35-19-8-10-25-39(35)44)46-30-13-12-29-45(46)49-34-14-6-5-7-20-37-21-9-11-28-43(37)49/h8,10,12-13,16,19,23,25,27,29-31,36-38,41,43,47H,3-7,9,11,14-15,17-18,20-22,24,26,28,32-34H2,1-2H3/t36?,37?,38?,41?,43-,47?/m1/s1. The molecule has 8 rings (SSSR count). The van der Waals surface area contributed by atoms with Crippen molar-refractivity contribution in [2.45, 2.75) is 153 Å². The second kappa shape index (κ2) is 16.6. The quantitative estimate of drug-likeness (QED) is 0.216. The first-order valence-electron chi connectivity index (χ1n) is 21.5. The number of thioether (sulfide) groups is 1. The van der Waals surface area contributed by atoms with Gasteiger partial charge in [-0.2, -0.15) is 0 Å². The topological polar surface area (TPSA) is 6.48 Å². The zero-order chi connectivity index (χ0) is 34.6. The average molecular weight is 701 g/mol. The zero-order valence-electron chi connectivity index (χ0n) is 31.8. The van der Waals surface area contributed by atoms with E-state index in [1.807, 2.05) is 5.57 Å². The van der Waals surface area contributed by atoms with Crippen molar-refractivity contribution in [1.82, 2.24) is 0 Å². The first-order chi connectivity index (χ1) is 25.2. The van der Waals surface area contributed by atoms with Crippen molar-refractivity contribution in [3.05, 3.63) is 88.9 Å². The number of fused-ring (bicyclic) bond motifs is 3. The third-order valence-corrected chi connectivity index (χ3v) is 15.4. The summed E-state index contributed by atoms with van der Waals surface area (Å²) in [4.78, 5) is 7.57. The van der Waals surface area contributed by atoms with Crippen LogP contribution in [0.2, 0.25) is 0 Å². The van der Waals surface area contributed by atoms with E-state index in [4.69, 9.17) is 0 Å². The number of rotatable bonds is 8. The molecule has 0 radical (unpaired) electrons. The summed E-state index contributed by atoms with van der Waals surface area (Å²) in [6.45, 7) is 6.02. The van der Waals surface area contributed by atoms with E-state index in [-0.39, 0.29) is 0 Å². The molecule has 272 valence electrons. The Morgan fingerprint density at radius 1 is 0.725 bits per heavy atom. The molecule has 0 aromatic heterocycles. The van der Waals surface area contributed by atoms with Gasteiger partial charge in [0.25, 0.3) is 0 Å². The summed E-state index contributed by atoms with van der Waals surface area (Å²) >= 11 is 2.28. The van der Waals surface area contributed by atoms with Crippen molar-refractivity contribution in [2.24, 2.45) is 17.8 Å². The fourth-order valence-electron chi connectivity index (χ4n) is 11.3. The molecule has 0 spiro atoms. The van der Waals surface area contributed by atoms with Crippen LogP contribution >= 0.6 is 11.8 Å². The van der Waals surface area contributed by atoms with Crippen molar-refractivity contribution in [2.75, 3.05) is 16.3 Å². The highest BCUT2D eigenvalue weighted by atomic mass is 32.2. The van der Waals surface area contributed by atoms with Crippen molar-refractivity contribution in [1.29, 1.82) is 0 Å². The smallest absolute Gasteiger partial charge is 0.0651 e. The Morgan fingerprint density at radius 2 is 1.51 bits per heavy atom. The van der Waals surface area contributed by atoms with Crippen molar-refractivity contribution >= 4 is 39.6 Å². The Labute approximate surface area is 314 Å². The van der Waals surface area contributed by atoms with Gasteiger partial charge in [-0.25, -0.2) is 0 Å². The van der Waals surface area contributed by atoms with Gasteiger partial charge in [-0.1, -0.05) is 119 Å². The van der Waals surface area contributed by atoms with E-state index in [0.29, 0.717) is 12.1 Å². The maximum atomic E-state index is 2.94. The van der Waals surface area contributed by atoms with Crippen LogP contribution in [-0.2, 0) is 0 Å². The van der Waals surface area contributed by atoms with E-state index in [1.165, 1.54) is 156 Å². The minimum absolute atomic E-state index is 0.498. The molecule has 0 amide bonds. The van der Waals surface area contributed by atoms with Gasteiger partial charge in [0, 0.05) is 39.9 Å². The largest absolute Gasteiger partial charge is 0.367 e. The predicted molar refractivity (Wildman–Crippen MR) is 223 cm³/mol. The summed E-state index contributed by atoms with van der Waals surface area (Å²) in [5, 5.41) is 3.54. The van der Waals surface area contributed by atoms with Gasteiger partial charge in [0.05, 0.1) is 11.4 Å². The summed E-state index contributed by atoms with van der Waals surface area (Å²) in [5.74, 6) is 2.37. The molecule has 0 bridgehead atoms. The first kappa shape index (κ1) is 35.4. The molecule has 2 saturated heterocycles. The molecular formula is C48H64N2S. The molecule has 2 saturated carbocycles. The van der Waals surface area contributed by atoms with Gasteiger partial charge < -0.3 is 9.80 Å². The maximum absolute atomic E-state index is 2.94. The van der Waals surface area contributed by atoms with Crippen LogP contribution in [0.1, 0.15) is 136 Å². The minimum Gasteiger partial charge on any atom is -0.367 e. The fraction of sp³-hybridized carbons (Fsp3) is 0.583. The molecular weight excluding hydrogens is 637 g/mol. The van der Waals surface area contributed by atoms with Crippen LogP contribution in [0.15, 0.2) is 88.9 Å². The summed E-state index contributed by atoms with van der Waals surface area (Å²) in [6.07, 6.45) is 28.3. The molecule has 4 fully saturated rings. The second-order valence-electron chi connectivity index (χ2n) is 16.7. The molecule has 51 heavy (non-hydrogen) atoms. The maximum Gasteiger partial charge on any atom is 0.0651 e. The van der Waals surface area contributed by atoms with Crippen molar-refractivity contribution in [3.63, 3.8) is 0 Å². The SMILES string of the molecule is CCCC1C2=CCCC(C3CCCC(N(c4ccccc4N4CCCCCCC5CCCC[C@H]54)c4cccc5ccccc45)CC3)=C2SC1CC. The molecule has 5 unspecified atom stereocenters. The summed E-state index contributed by atoms with van der Waals surface area (Å²) in [7, 11) is 0. The van der Waals surface area contributed by atoms with Gasteiger partial charge in [0.15, 0.2) is 0 Å². The fourth-order valence-corrected chi connectivity index (χ4v) is 13.0. The Morgan fingerprint density at radius 3 is 2.41 bits per heavy atom. The van der Waals surface area contributed by atoms with Gasteiger partial charge in [-0.3, -0.25) is 0 Å². The van der Waals surface area contributed by atoms with Crippen LogP contribution in [0.4, 0.5) is 17.1 Å². The highest BCUT2D eigenvalue weighted by molar-refractivity contribution is 8.04. The molecule has 2 nitrogen and oxygen atoms in total. The molecule has 3 aliphatic carbocycles. The summed E-state index contributed by atoms with van der Waals surface area (Å²) in [6, 6.07) is 27.1. The van der Waals surface area contributed by atoms with Crippen LogP contribution in [0.3, 0.4) is 0 Å². The number of para-hydroxylation sites is 2. The van der Waals surface area contributed by atoms with Crippen LogP contribution < -0.4 is 9.80 Å². The minimum atomic E-state index is 0.498. The van der Waals surface area contributed by atoms with Gasteiger partial charge in [-0.15, -0.1) is 11.8 Å². The molecule has 2 heterocycles. The Kier molecular flexibility index (Phi) is 11.5. The third-order valence-electron chi connectivity index (χ3n) is 13.7. The van der Waals surface area contributed by atoms with E-state index < -0.39 is 0 Å². The normalized spacial score (nSPS) is 29.0. The van der Waals surface area contributed by atoms with Crippen molar-refractivity contribution < 1.29 is 0 Å². The molecule has 3 heteroatoms. The van der Waals surface area contributed by atoms with Gasteiger partial charge in [0.2, 0.25) is 0 Å². The Bertz CT molecular complexity index is 1680. The molecule has 2 aliphatic heterocycles. The monoisotopic (exact) mass is 700 g/mol. The van der Waals surface area contributed by atoms with E-state index in [1.54, 1.807) is 10.5 Å². The highest BCUT2D eigenvalue weighted by Gasteiger charge is 2.39. The molecule has 6 atom stereocenters. The van der Waals surface area contributed by atoms with Crippen molar-refractivity contribution in [3.8, 4) is 0 Å². The van der Waals surface area contributed by atoms with Crippen LogP contribution in [-0.4, -0.2) is 23.9 Å². The summed E-state index contributed by atoms with van der Waals surface area (Å²) in [5.41, 5.74) is 8.00. The number of hydrogen-bond donors (Lipinski definition) is 0. The van der Waals surface area contributed by atoms with Gasteiger partial charge in [-0.05, 0) is 124 Å². The Hall–Kier alpha value is -2.65. The van der Waals surface area contributed by atoms with Crippen LogP contribution in [0.25, 0.3) is 10.8 Å². The predicted octanol–water partition coefficient (Wildman–Crippen LogP) is 14.2. The van der Waals surface area contributed by atoms with E-state index >= 15 is 0 Å². The number of nitrogens with zero attached hydrogens (tertiary/aromatic N) is 2. The Balaban J connectivity index is 1.17. The zero-order valence-corrected chi connectivity index (χ0v) is 32.7. The van der Waals surface area contributed by atoms with Gasteiger partial charge >= 0.3 is 0 Å². The average Bonchev–Trinajstić information content (AvgIpc) is 3.42. The number of benzene rings is 3. The lowest BCUT2D eigenvalue weighted by molar-refractivity contribution is 0.277. The molecule has 3 aromatic carbocycles. The molecule has 0 N–H and O–H groups in total. The number of anilines is 3. The lowest BCUT2D eigenvalue weighted by atomic mass is 9.80. The molecule has 5 aliphatic rings. The number of allylic oxidation sites excluding steroid dienone is 3. The lowest BCUT2D eigenvalue weighted by Crippen LogP contribution is -2.44. The van der Waals surface area contributed by atoms with Crippen LogP contribution in [0, 0.1) is 17.8 Å². The molecule has 3 aromatic rings.